The fraction of sp³-hybridized carbons (Fsp3) is 0.407. The van der Waals surface area contributed by atoms with Crippen LogP contribution < -0.4 is 14.4 Å². The molecule has 0 aliphatic rings. The number of hydrogen-bond acceptors (Lipinski definition) is 8. The van der Waals surface area contributed by atoms with Gasteiger partial charge in [0.25, 0.3) is 0 Å². The minimum atomic E-state index is 0.719. The Morgan fingerprint density at radius 3 is 1.31 bits per heavy atom. The lowest BCUT2D eigenvalue weighted by molar-refractivity contribution is 0.112. The molecule has 0 aliphatic heterocycles. The molecule has 0 bridgehead atoms. The molecule has 0 unspecified atom stereocenters. The third-order valence-corrected chi connectivity index (χ3v) is 14.7. The van der Waals surface area contributed by atoms with Gasteiger partial charge in [0.2, 0.25) is 0 Å². The lowest BCUT2D eigenvalue weighted by Crippen LogP contribution is -2.10. The molecule has 0 atom stereocenters. The van der Waals surface area contributed by atoms with Gasteiger partial charge in [0.1, 0.15) is 11.5 Å². The van der Waals surface area contributed by atoms with E-state index in [1.807, 2.05) is 6.07 Å². The van der Waals surface area contributed by atoms with E-state index in [0.29, 0.717) is 0 Å². The molecule has 67 heavy (non-hydrogen) atoms. The Bertz CT molecular complexity index is 2500. The molecular formula is C59H71N3O3S2. The predicted molar refractivity (Wildman–Crippen MR) is 287 cm³/mol. The Labute approximate surface area is 408 Å². The SMILES string of the molecule is CCCCCCOc1ccc(N(c2ccc(OCCCCCC)cc2)c2ccc(-c3ccc(-c4ccc(-c5ccc(C=O)s5)c5nc(CCCCCC)c(CCCCCC)nc45)s3)cc2)cc1. The first-order chi connectivity index (χ1) is 33.0. The standard InChI is InChI=1S/C59H71N3O3S2/c1-5-9-13-17-21-53-54(22-18-14-10-6-2)61-59-52(37-36-51(58(59)60-53)56-38-35-50(43-63)66-56)57-40-39-55(67-57)44-23-25-45(26-24-44)62(46-27-31-48(32-28-46)64-41-19-15-11-7-3)47-29-33-49(34-30-47)65-42-20-16-12-8-4/h23-40,43H,5-22,41-42H2,1-4H3. The molecule has 6 nitrogen and oxygen atoms in total. The molecule has 0 amide bonds. The van der Waals surface area contributed by atoms with Crippen LogP contribution in [0.2, 0.25) is 0 Å². The Morgan fingerprint density at radius 1 is 0.448 bits per heavy atom. The predicted octanol–water partition coefficient (Wildman–Crippen LogP) is 18.2. The summed E-state index contributed by atoms with van der Waals surface area (Å²) in [5.41, 5.74) is 10.7. The average molecular weight is 934 g/mol. The summed E-state index contributed by atoms with van der Waals surface area (Å²) in [5, 5.41) is 0. The Kier molecular flexibility index (Phi) is 19.5. The normalized spacial score (nSPS) is 11.3. The van der Waals surface area contributed by atoms with E-state index in [1.54, 1.807) is 11.3 Å². The van der Waals surface area contributed by atoms with Crippen molar-refractivity contribution in [3.05, 3.63) is 125 Å². The van der Waals surface area contributed by atoms with Gasteiger partial charge in [0.05, 0.1) is 40.5 Å². The van der Waals surface area contributed by atoms with Crippen molar-refractivity contribution in [3.63, 3.8) is 0 Å². The summed E-state index contributed by atoms with van der Waals surface area (Å²) >= 11 is 3.32. The van der Waals surface area contributed by atoms with E-state index in [9.17, 15) is 4.79 Å². The highest BCUT2D eigenvalue weighted by Gasteiger charge is 2.20. The van der Waals surface area contributed by atoms with E-state index < -0.39 is 0 Å². The van der Waals surface area contributed by atoms with E-state index >= 15 is 0 Å². The lowest BCUT2D eigenvalue weighted by Gasteiger charge is -2.26. The fourth-order valence-corrected chi connectivity index (χ4v) is 10.6. The molecule has 3 heterocycles. The molecule has 0 saturated carbocycles. The maximum Gasteiger partial charge on any atom is 0.160 e. The number of carbonyl (C=O) groups is 1. The third-order valence-electron chi connectivity index (χ3n) is 12.5. The number of unbranched alkanes of at least 4 members (excludes halogenated alkanes) is 12. The van der Waals surface area contributed by atoms with Crippen LogP contribution in [0.5, 0.6) is 11.5 Å². The largest absolute Gasteiger partial charge is 0.494 e. The Balaban J connectivity index is 1.19. The van der Waals surface area contributed by atoms with Gasteiger partial charge in [-0.3, -0.25) is 4.79 Å². The van der Waals surface area contributed by atoms with Gasteiger partial charge in [-0.25, -0.2) is 9.97 Å². The Hall–Kier alpha value is -5.31. The molecule has 7 rings (SSSR count). The summed E-state index contributed by atoms with van der Waals surface area (Å²) in [6, 6.07) is 38.8. The first-order valence-electron chi connectivity index (χ1n) is 25.4. The first-order valence-corrected chi connectivity index (χ1v) is 27.0. The molecule has 0 radical (unpaired) electrons. The van der Waals surface area contributed by atoms with Gasteiger partial charge >= 0.3 is 0 Å². The van der Waals surface area contributed by atoms with Crippen LogP contribution in [0.15, 0.2) is 109 Å². The van der Waals surface area contributed by atoms with E-state index in [0.717, 1.165) is 135 Å². The van der Waals surface area contributed by atoms with Crippen LogP contribution in [0.1, 0.15) is 151 Å². The summed E-state index contributed by atoms with van der Waals surface area (Å²) in [7, 11) is 0. The second-order valence-corrected chi connectivity index (χ2v) is 20.0. The number of hydrogen-bond donors (Lipinski definition) is 0. The van der Waals surface area contributed by atoms with Crippen molar-refractivity contribution in [2.24, 2.45) is 0 Å². The number of nitrogens with zero attached hydrogens (tertiary/aromatic N) is 3. The molecule has 352 valence electrons. The molecule has 0 N–H and O–H groups in total. The summed E-state index contributed by atoms with van der Waals surface area (Å²) < 4.78 is 12.3. The number of aldehydes is 1. The highest BCUT2D eigenvalue weighted by molar-refractivity contribution is 7.19. The highest BCUT2D eigenvalue weighted by atomic mass is 32.1. The minimum absolute atomic E-state index is 0.719. The molecule has 7 aromatic rings. The van der Waals surface area contributed by atoms with Crippen LogP contribution in [0.3, 0.4) is 0 Å². The zero-order valence-corrected chi connectivity index (χ0v) is 42.1. The van der Waals surface area contributed by atoms with Crippen LogP contribution in [0, 0.1) is 0 Å². The summed E-state index contributed by atoms with van der Waals surface area (Å²) in [6.07, 6.45) is 21.8. The smallest absolute Gasteiger partial charge is 0.160 e. The molecule has 3 aromatic heterocycles. The number of thiophene rings is 2. The second kappa shape index (κ2) is 26.3. The van der Waals surface area contributed by atoms with E-state index in [4.69, 9.17) is 19.4 Å². The topological polar surface area (TPSA) is 64.6 Å². The zero-order chi connectivity index (χ0) is 46.6. The quantitative estimate of drug-likeness (QED) is 0.0344. The average Bonchev–Trinajstić information content (AvgIpc) is 4.06. The Morgan fingerprint density at radius 2 is 0.866 bits per heavy atom. The molecule has 0 saturated heterocycles. The number of rotatable bonds is 29. The highest BCUT2D eigenvalue weighted by Crippen LogP contribution is 2.43. The lowest BCUT2D eigenvalue weighted by atomic mass is 10.0. The minimum Gasteiger partial charge on any atom is -0.494 e. The molecule has 0 fully saturated rings. The summed E-state index contributed by atoms with van der Waals surface area (Å²) in [4.78, 5) is 29.3. The molecule has 4 aromatic carbocycles. The third kappa shape index (κ3) is 13.7. The maximum absolute atomic E-state index is 11.8. The molecule has 0 aliphatic carbocycles. The van der Waals surface area contributed by atoms with E-state index in [1.165, 1.54) is 98.1 Å². The van der Waals surface area contributed by atoms with Crippen molar-refractivity contribution in [2.45, 2.75) is 143 Å². The number of ether oxygens (including phenoxy) is 2. The summed E-state index contributed by atoms with van der Waals surface area (Å²) in [5.74, 6) is 1.79. The van der Waals surface area contributed by atoms with E-state index in [-0.39, 0.29) is 0 Å². The van der Waals surface area contributed by atoms with Gasteiger partial charge in [0.15, 0.2) is 6.29 Å². The number of aryl methyl sites for hydroxylation is 2. The zero-order valence-electron chi connectivity index (χ0n) is 40.5. The number of fused-ring (bicyclic) bond motifs is 1. The van der Waals surface area contributed by atoms with Crippen LogP contribution in [-0.4, -0.2) is 29.5 Å². The van der Waals surface area contributed by atoms with Crippen molar-refractivity contribution >= 4 is 57.1 Å². The number of benzene rings is 4. The number of aromatic nitrogens is 2. The van der Waals surface area contributed by atoms with Crippen molar-refractivity contribution in [1.82, 2.24) is 9.97 Å². The molecule has 0 spiro atoms. The summed E-state index contributed by atoms with van der Waals surface area (Å²) in [6.45, 7) is 10.5. The van der Waals surface area contributed by atoms with Gasteiger partial charge in [-0.15, -0.1) is 22.7 Å². The molecular weight excluding hydrogens is 863 g/mol. The van der Waals surface area contributed by atoms with Gasteiger partial charge in [0, 0.05) is 42.8 Å². The van der Waals surface area contributed by atoms with Gasteiger partial charge < -0.3 is 14.4 Å². The van der Waals surface area contributed by atoms with Crippen LogP contribution in [-0.2, 0) is 12.8 Å². The van der Waals surface area contributed by atoms with Gasteiger partial charge in [-0.2, -0.15) is 0 Å². The van der Waals surface area contributed by atoms with Crippen LogP contribution >= 0.6 is 22.7 Å². The second-order valence-electron chi connectivity index (χ2n) is 17.8. The van der Waals surface area contributed by atoms with Gasteiger partial charge in [-0.1, -0.05) is 129 Å². The fourth-order valence-electron chi connectivity index (χ4n) is 8.68. The van der Waals surface area contributed by atoms with Crippen molar-refractivity contribution in [1.29, 1.82) is 0 Å². The first kappa shape index (κ1) is 49.6. The van der Waals surface area contributed by atoms with Crippen LogP contribution in [0.4, 0.5) is 17.1 Å². The molecule has 8 heteroatoms. The van der Waals surface area contributed by atoms with Crippen molar-refractivity contribution in [2.75, 3.05) is 18.1 Å². The maximum atomic E-state index is 11.8. The number of carbonyl (C=O) groups excluding carboxylic acids is 1. The van der Waals surface area contributed by atoms with Gasteiger partial charge in [-0.05, 0) is 129 Å². The monoisotopic (exact) mass is 933 g/mol. The number of anilines is 3. The van der Waals surface area contributed by atoms with Crippen molar-refractivity contribution < 1.29 is 14.3 Å². The van der Waals surface area contributed by atoms with Crippen molar-refractivity contribution in [3.8, 4) is 42.8 Å². The van der Waals surface area contributed by atoms with E-state index in [2.05, 4.69) is 136 Å². The van der Waals surface area contributed by atoms with Crippen LogP contribution in [0.25, 0.3) is 42.4 Å².